The molecule has 11 heavy (non-hydrogen) atoms. The van der Waals surface area contributed by atoms with Crippen molar-refractivity contribution in [3.05, 3.63) is 0 Å². The first-order valence-electron chi connectivity index (χ1n) is 3.92. The van der Waals surface area contributed by atoms with E-state index in [2.05, 4.69) is 11.2 Å². The van der Waals surface area contributed by atoms with Gasteiger partial charge in [-0.25, -0.2) is 0 Å². The summed E-state index contributed by atoms with van der Waals surface area (Å²) in [7, 11) is 0. The lowest BCUT2D eigenvalue weighted by molar-refractivity contribution is 0.189. The van der Waals surface area contributed by atoms with Crippen LogP contribution in [0.15, 0.2) is 0 Å². The van der Waals surface area contributed by atoms with E-state index in [4.69, 9.17) is 11.5 Å². The van der Waals surface area contributed by atoms with Gasteiger partial charge in [0.05, 0.1) is 6.61 Å². The van der Waals surface area contributed by atoms with Crippen molar-refractivity contribution in [2.75, 3.05) is 13.2 Å². The predicted molar refractivity (Wildman–Crippen MR) is 47.2 cm³/mol. The molecular weight excluding hydrogens is 138 g/mol. The standard InChI is InChI=1S/C9H17NO/c1-4-5-6-7-10-9(2,3)8-11/h1,10-11H,5-8H2,2-3H3. The molecule has 0 rings (SSSR count). The van der Waals surface area contributed by atoms with Crippen LogP contribution in [0.3, 0.4) is 0 Å². The molecule has 0 unspecified atom stereocenters. The summed E-state index contributed by atoms with van der Waals surface area (Å²) in [6.07, 6.45) is 6.86. The molecular formula is C9H17NO. The number of rotatable bonds is 5. The molecule has 0 aliphatic heterocycles. The van der Waals surface area contributed by atoms with Crippen LogP contribution in [-0.2, 0) is 0 Å². The number of aliphatic hydroxyl groups is 1. The Morgan fingerprint density at radius 1 is 1.55 bits per heavy atom. The molecule has 0 aromatic rings. The van der Waals surface area contributed by atoms with E-state index in [9.17, 15) is 0 Å². The highest BCUT2D eigenvalue weighted by Crippen LogP contribution is 1.99. The molecule has 2 N–H and O–H groups in total. The molecule has 0 amide bonds. The number of hydrogen-bond donors (Lipinski definition) is 2. The van der Waals surface area contributed by atoms with Gasteiger partial charge in [0, 0.05) is 12.0 Å². The molecule has 0 spiro atoms. The molecule has 0 heterocycles. The number of aliphatic hydroxyl groups excluding tert-OH is 1. The van der Waals surface area contributed by atoms with Gasteiger partial charge in [-0.3, -0.25) is 0 Å². The second-order valence-electron chi connectivity index (χ2n) is 3.28. The molecule has 0 radical (unpaired) electrons. The highest BCUT2D eigenvalue weighted by molar-refractivity contribution is 4.84. The zero-order chi connectivity index (χ0) is 8.74. The topological polar surface area (TPSA) is 32.3 Å². The maximum Gasteiger partial charge on any atom is 0.0607 e. The van der Waals surface area contributed by atoms with Crippen LogP contribution in [0.1, 0.15) is 26.7 Å². The molecule has 0 saturated carbocycles. The fourth-order valence-corrected chi connectivity index (χ4v) is 0.673. The van der Waals surface area contributed by atoms with Gasteiger partial charge in [-0.2, -0.15) is 0 Å². The molecule has 0 aliphatic rings. The summed E-state index contributed by atoms with van der Waals surface area (Å²) in [5.41, 5.74) is -0.172. The Labute approximate surface area is 69.0 Å². The smallest absolute Gasteiger partial charge is 0.0607 e. The molecule has 0 fully saturated rings. The zero-order valence-corrected chi connectivity index (χ0v) is 7.35. The predicted octanol–water partition coefficient (Wildman–Crippen LogP) is 0.760. The molecule has 2 heteroatoms. The van der Waals surface area contributed by atoms with Gasteiger partial charge < -0.3 is 10.4 Å². The average molecular weight is 155 g/mol. The summed E-state index contributed by atoms with van der Waals surface area (Å²) in [6, 6.07) is 0. The number of unbranched alkanes of at least 4 members (excludes halogenated alkanes) is 1. The van der Waals surface area contributed by atoms with Crippen molar-refractivity contribution in [3.8, 4) is 12.3 Å². The van der Waals surface area contributed by atoms with Crippen LogP contribution in [0.5, 0.6) is 0 Å². The van der Waals surface area contributed by atoms with Crippen molar-refractivity contribution in [2.45, 2.75) is 32.2 Å². The largest absolute Gasteiger partial charge is 0.394 e. The SMILES string of the molecule is C#CCCCNC(C)(C)CO. The lowest BCUT2D eigenvalue weighted by Gasteiger charge is -2.23. The Bertz CT molecular complexity index is 135. The maximum absolute atomic E-state index is 8.85. The Balaban J connectivity index is 3.32. The second kappa shape index (κ2) is 5.17. The van der Waals surface area contributed by atoms with Crippen molar-refractivity contribution >= 4 is 0 Å². The van der Waals surface area contributed by atoms with Gasteiger partial charge in [-0.1, -0.05) is 0 Å². The van der Waals surface area contributed by atoms with Gasteiger partial charge >= 0.3 is 0 Å². The minimum atomic E-state index is -0.172. The van der Waals surface area contributed by atoms with Crippen LogP contribution in [-0.4, -0.2) is 23.8 Å². The Kier molecular flexibility index (Phi) is 4.93. The molecule has 64 valence electrons. The fourth-order valence-electron chi connectivity index (χ4n) is 0.673. The van der Waals surface area contributed by atoms with E-state index in [1.165, 1.54) is 0 Å². The van der Waals surface area contributed by atoms with Crippen LogP contribution in [0.2, 0.25) is 0 Å². The first-order chi connectivity index (χ1) is 5.12. The van der Waals surface area contributed by atoms with Gasteiger partial charge in [-0.15, -0.1) is 12.3 Å². The van der Waals surface area contributed by atoms with Crippen molar-refractivity contribution in [2.24, 2.45) is 0 Å². The minimum absolute atomic E-state index is 0.156. The number of nitrogens with one attached hydrogen (secondary N) is 1. The summed E-state index contributed by atoms with van der Waals surface area (Å²) in [5, 5.41) is 12.0. The molecule has 0 aliphatic carbocycles. The maximum atomic E-state index is 8.85. The Morgan fingerprint density at radius 2 is 2.18 bits per heavy atom. The van der Waals surface area contributed by atoms with Crippen LogP contribution >= 0.6 is 0 Å². The average Bonchev–Trinajstić information content (AvgIpc) is 1.99. The monoisotopic (exact) mass is 155 g/mol. The summed E-state index contributed by atoms with van der Waals surface area (Å²) >= 11 is 0. The summed E-state index contributed by atoms with van der Waals surface area (Å²) < 4.78 is 0. The molecule has 0 saturated heterocycles. The normalized spacial score (nSPS) is 11.1. The first-order valence-corrected chi connectivity index (χ1v) is 3.92. The van der Waals surface area contributed by atoms with E-state index < -0.39 is 0 Å². The van der Waals surface area contributed by atoms with Crippen LogP contribution < -0.4 is 5.32 Å². The molecule has 0 atom stereocenters. The molecule has 2 nitrogen and oxygen atoms in total. The molecule has 0 aromatic carbocycles. The van der Waals surface area contributed by atoms with E-state index in [0.29, 0.717) is 0 Å². The van der Waals surface area contributed by atoms with Crippen LogP contribution in [0.4, 0.5) is 0 Å². The lowest BCUT2D eigenvalue weighted by atomic mass is 10.1. The summed E-state index contributed by atoms with van der Waals surface area (Å²) in [6.45, 7) is 4.95. The van der Waals surface area contributed by atoms with E-state index in [1.807, 2.05) is 13.8 Å². The van der Waals surface area contributed by atoms with Gasteiger partial charge in [-0.05, 0) is 26.8 Å². The Morgan fingerprint density at radius 3 is 2.64 bits per heavy atom. The van der Waals surface area contributed by atoms with Gasteiger partial charge in [0.25, 0.3) is 0 Å². The third-order valence-electron chi connectivity index (χ3n) is 1.50. The summed E-state index contributed by atoms with van der Waals surface area (Å²) in [5.74, 6) is 2.57. The quantitative estimate of drug-likeness (QED) is 0.454. The summed E-state index contributed by atoms with van der Waals surface area (Å²) in [4.78, 5) is 0. The third kappa shape index (κ3) is 5.90. The van der Waals surface area contributed by atoms with Crippen LogP contribution in [0.25, 0.3) is 0 Å². The fraction of sp³-hybridized carbons (Fsp3) is 0.778. The van der Waals surface area contributed by atoms with Crippen molar-refractivity contribution < 1.29 is 5.11 Å². The van der Waals surface area contributed by atoms with Gasteiger partial charge in [0.2, 0.25) is 0 Å². The lowest BCUT2D eigenvalue weighted by Crippen LogP contribution is -2.43. The number of hydrogen-bond acceptors (Lipinski definition) is 2. The molecule has 0 bridgehead atoms. The highest BCUT2D eigenvalue weighted by atomic mass is 16.3. The minimum Gasteiger partial charge on any atom is -0.394 e. The van der Waals surface area contributed by atoms with E-state index in [0.717, 1.165) is 19.4 Å². The van der Waals surface area contributed by atoms with Gasteiger partial charge in [0.1, 0.15) is 0 Å². The van der Waals surface area contributed by atoms with E-state index in [-0.39, 0.29) is 12.1 Å². The first kappa shape index (κ1) is 10.5. The van der Waals surface area contributed by atoms with Crippen molar-refractivity contribution in [3.63, 3.8) is 0 Å². The zero-order valence-electron chi connectivity index (χ0n) is 7.35. The van der Waals surface area contributed by atoms with Crippen molar-refractivity contribution in [1.82, 2.24) is 5.32 Å². The van der Waals surface area contributed by atoms with Crippen molar-refractivity contribution in [1.29, 1.82) is 0 Å². The highest BCUT2D eigenvalue weighted by Gasteiger charge is 2.13. The Hall–Kier alpha value is -0.520. The third-order valence-corrected chi connectivity index (χ3v) is 1.50. The number of terminal acetylenes is 1. The van der Waals surface area contributed by atoms with Gasteiger partial charge in [0.15, 0.2) is 0 Å². The van der Waals surface area contributed by atoms with E-state index >= 15 is 0 Å². The van der Waals surface area contributed by atoms with E-state index in [1.54, 1.807) is 0 Å². The molecule has 0 aromatic heterocycles. The second-order valence-corrected chi connectivity index (χ2v) is 3.28. The van der Waals surface area contributed by atoms with Crippen LogP contribution in [0, 0.1) is 12.3 Å².